The number of aromatic nitrogens is 2. The molecule has 0 saturated heterocycles. The van der Waals surface area contributed by atoms with Gasteiger partial charge in [0, 0.05) is 6.42 Å². The number of benzene rings is 2. The molecule has 0 fully saturated rings. The summed E-state index contributed by atoms with van der Waals surface area (Å²) in [7, 11) is 0. The molecular formula is C15H14N2O. The molecule has 0 aliphatic carbocycles. The van der Waals surface area contributed by atoms with E-state index in [9.17, 15) is 4.79 Å². The Labute approximate surface area is 104 Å². The van der Waals surface area contributed by atoms with Gasteiger partial charge in [0.05, 0.1) is 10.9 Å². The Morgan fingerprint density at radius 3 is 2.61 bits per heavy atom. The van der Waals surface area contributed by atoms with Gasteiger partial charge in [-0.05, 0) is 29.3 Å². The van der Waals surface area contributed by atoms with Gasteiger partial charge < -0.3 is 4.98 Å². The van der Waals surface area contributed by atoms with Crippen LogP contribution in [0.4, 0.5) is 0 Å². The average molecular weight is 238 g/mol. The number of aryl methyl sites for hydroxylation is 1. The van der Waals surface area contributed by atoms with E-state index < -0.39 is 0 Å². The van der Waals surface area contributed by atoms with Crippen LogP contribution in [0.1, 0.15) is 19.2 Å². The van der Waals surface area contributed by atoms with Gasteiger partial charge in [0.1, 0.15) is 5.82 Å². The zero-order valence-corrected chi connectivity index (χ0v) is 10.2. The Balaban J connectivity index is 2.35. The van der Waals surface area contributed by atoms with Crippen LogP contribution in [0.3, 0.4) is 0 Å². The predicted molar refractivity (Wildman–Crippen MR) is 73.9 cm³/mol. The van der Waals surface area contributed by atoms with E-state index in [0.717, 1.165) is 35.0 Å². The van der Waals surface area contributed by atoms with Crippen LogP contribution in [-0.2, 0) is 6.42 Å². The molecule has 3 heteroatoms. The molecule has 3 aromatic rings. The van der Waals surface area contributed by atoms with E-state index >= 15 is 0 Å². The highest BCUT2D eigenvalue weighted by atomic mass is 16.1. The molecule has 1 aromatic heterocycles. The van der Waals surface area contributed by atoms with E-state index in [-0.39, 0.29) is 5.56 Å². The summed E-state index contributed by atoms with van der Waals surface area (Å²) in [4.78, 5) is 19.4. The Bertz CT molecular complexity index is 774. The Kier molecular flexibility index (Phi) is 2.59. The first-order chi connectivity index (χ1) is 8.78. The second-order valence-electron chi connectivity index (χ2n) is 4.48. The smallest absolute Gasteiger partial charge is 0.258 e. The first-order valence-electron chi connectivity index (χ1n) is 6.19. The van der Waals surface area contributed by atoms with Gasteiger partial charge in [-0.15, -0.1) is 0 Å². The van der Waals surface area contributed by atoms with E-state index in [4.69, 9.17) is 0 Å². The van der Waals surface area contributed by atoms with Gasteiger partial charge in [0.2, 0.25) is 0 Å². The van der Waals surface area contributed by atoms with Crippen molar-refractivity contribution in [2.45, 2.75) is 19.8 Å². The third kappa shape index (κ3) is 1.78. The van der Waals surface area contributed by atoms with Crippen molar-refractivity contribution < 1.29 is 0 Å². The quantitative estimate of drug-likeness (QED) is 0.697. The van der Waals surface area contributed by atoms with Gasteiger partial charge in [-0.1, -0.05) is 31.2 Å². The standard InChI is InChI=1S/C15H14N2O/c1-2-5-14-16-13-9-11-7-4-3-6-10(11)8-12(13)15(18)17-14/h3-4,6-9H,2,5H2,1H3,(H,16,17,18). The average Bonchev–Trinajstić information content (AvgIpc) is 2.37. The van der Waals surface area contributed by atoms with Crippen LogP contribution in [0, 0.1) is 0 Å². The van der Waals surface area contributed by atoms with E-state index in [1.165, 1.54) is 0 Å². The van der Waals surface area contributed by atoms with Crippen LogP contribution in [0.2, 0.25) is 0 Å². The Morgan fingerprint density at radius 2 is 1.89 bits per heavy atom. The largest absolute Gasteiger partial charge is 0.310 e. The molecule has 0 atom stereocenters. The van der Waals surface area contributed by atoms with Crippen LogP contribution in [0.15, 0.2) is 41.2 Å². The molecule has 2 aromatic carbocycles. The van der Waals surface area contributed by atoms with Crippen molar-refractivity contribution >= 4 is 21.7 Å². The number of hydrogen-bond donors (Lipinski definition) is 1. The van der Waals surface area contributed by atoms with Crippen molar-refractivity contribution in [1.82, 2.24) is 9.97 Å². The Morgan fingerprint density at radius 1 is 1.17 bits per heavy atom. The second kappa shape index (κ2) is 4.26. The van der Waals surface area contributed by atoms with Crippen LogP contribution in [-0.4, -0.2) is 9.97 Å². The number of hydrogen-bond acceptors (Lipinski definition) is 2. The molecule has 0 aliphatic heterocycles. The molecule has 0 bridgehead atoms. The van der Waals surface area contributed by atoms with Crippen LogP contribution in [0.25, 0.3) is 21.7 Å². The number of nitrogens with one attached hydrogen (secondary N) is 1. The SMILES string of the molecule is CCCc1nc2cc3ccccc3cc2c(=O)[nH]1. The Hall–Kier alpha value is -2.16. The summed E-state index contributed by atoms with van der Waals surface area (Å²) in [5, 5.41) is 2.85. The number of rotatable bonds is 2. The van der Waals surface area contributed by atoms with Crippen LogP contribution < -0.4 is 5.56 Å². The van der Waals surface area contributed by atoms with E-state index in [2.05, 4.69) is 16.9 Å². The van der Waals surface area contributed by atoms with Gasteiger partial charge in [-0.3, -0.25) is 4.79 Å². The van der Waals surface area contributed by atoms with Crippen molar-refractivity contribution in [2.24, 2.45) is 0 Å². The normalized spacial score (nSPS) is 11.2. The summed E-state index contributed by atoms with van der Waals surface area (Å²) in [5.74, 6) is 0.769. The van der Waals surface area contributed by atoms with Crippen molar-refractivity contribution in [2.75, 3.05) is 0 Å². The fourth-order valence-electron chi connectivity index (χ4n) is 2.23. The molecule has 3 rings (SSSR count). The first kappa shape index (κ1) is 11.0. The molecular weight excluding hydrogens is 224 g/mol. The summed E-state index contributed by atoms with van der Waals surface area (Å²) in [6.45, 7) is 2.07. The van der Waals surface area contributed by atoms with Crippen molar-refractivity contribution in [3.8, 4) is 0 Å². The monoisotopic (exact) mass is 238 g/mol. The van der Waals surface area contributed by atoms with Crippen molar-refractivity contribution in [1.29, 1.82) is 0 Å². The molecule has 1 heterocycles. The van der Waals surface area contributed by atoms with Gasteiger partial charge in [-0.2, -0.15) is 0 Å². The van der Waals surface area contributed by atoms with E-state index in [0.29, 0.717) is 5.39 Å². The summed E-state index contributed by atoms with van der Waals surface area (Å²) < 4.78 is 0. The lowest BCUT2D eigenvalue weighted by atomic mass is 10.1. The lowest BCUT2D eigenvalue weighted by Crippen LogP contribution is -2.11. The third-order valence-electron chi connectivity index (χ3n) is 3.11. The fourth-order valence-corrected chi connectivity index (χ4v) is 2.23. The number of nitrogens with zero attached hydrogens (tertiary/aromatic N) is 1. The number of fused-ring (bicyclic) bond motifs is 2. The zero-order chi connectivity index (χ0) is 12.5. The van der Waals surface area contributed by atoms with Gasteiger partial charge in [0.25, 0.3) is 5.56 Å². The molecule has 0 spiro atoms. The maximum Gasteiger partial charge on any atom is 0.258 e. The summed E-state index contributed by atoms with van der Waals surface area (Å²) in [5.41, 5.74) is 0.732. The van der Waals surface area contributed by atoms with Gasteiger partial charge in [0.15, 0.2) is 0 Å². The molecule has 18 heavy (non-hydrogen) atoms. The summed E-state index contributed by atoms with van der Waals surface area (Å²) in [6.07, 6.45) is 1.78. The first-order valence-corrected chi connectivity index (χ1v) is 6.19. The molecule has 0 amide bonds. The van der Waals surface area contributed by atoms with E-state index in [1.807, 2.05) is 36.4 Å². The van der Waals surface area contributed by atoms with Crippen molar-refractivity contribution in [3.05, 3.63) is 52.6 Å². The molecule has 0 radical (unpaired) electrons. The lowest BCUT2D eigenvalue weighted by Gasteiger charge is -2.03. The summed E-state index contributed by atoms with van der Waals surface area (Å²) in [6, 6.07) is 11.9. The highest BCUT2D eigenvalue weighted by molar-refractivity contribution is 5.95. The minimum atomic E-state index is -0.0470. The third-order valence-corrected chi connectivity index (χ3v) is 3.11. The van der Waals surface area contributed by atoms with Gasteiger partial charge in [-0.25, -0.2) is 4.98 Å². The number of H-pyrrole nitrogens is 1. The second-order valence-corrected chi connectivity index (χ2v) is 4.48. The topological polar surface area (TPSA) is 45.8 Å². The molecule has 0 unspecified atom stereocenters. The van der Waals surface area contributed by atoms with Gasteiger partial charge >= 0.3 is 0 Å². The molecule has 0 saturated carbocycles. The highest BCUT2D eigenvalue weighted by Crippen LogP contribution is 2.19. The number of aromatic amines is 1. The maximum absolute atomic E-state index is 12.0. The molecule has 0 aliphatic rings. The minimum Gasteiger partial charge on any atom is -0.310 e. The predicted octanol–water partition coefficient (Wildman–Crippen LogP) is 3.03. The van der Waals surface area contributed by atoms with E-state index in [1.54, 1.807) is 0 Å². The fraction of sp³-hybridized carbons (Fsp3) is 0.200. The lowest BCUT2D eigenvalue weighted by molar-refractivity contribution is 0.837. The molecule has 3 nitrogen and oxygen atoms in total. The van der Waals surface area contributed by atoms with Crippen LogP contribution in [0.5, 0.6) is 0 Å². The highest BCUT2D eigenvalue weighted by Gasteiger charge is 2.05. The van der Waals surface area contributed by atoms with Crippen LogP contribution >= 0.6 is 0 Å². The maximum atomic E-state index is 12.0. The minimum absolute atomic E-state index is 0.0470. The zero-order valence-electron chi connectivity index (χ0n) is 10.2. The molecule has 1 N–H and O–H groups in total. The molecule has 90 valence electrons. The van der Waals surface area contributed by atoms with Crippen molar-refractivity contribution in [3.63, 3.8) is 0 Å². The summed E-state index contributed by atoms with van der Waals surface area (Å²) >= 11 is 0.